The van der Waals surface area contributed by atoms with Gasteiger partial charge in [-0.1, -0.05) is 66.2 Å². The van der Waals surface area contributed by atoms with Crippen LogP contribution < -0.4 is 9.16 Å². The van der Waals surface area contributed by atoms with Crippen molar-refractivity contribution in [2.45, 2.75) is 206 Å². The number of methoxy groups -OCH3 is 3. The Morgan fingerprint density at radius 3 is 2.11 bits per heavy atom. The van der Waals surface area contributed by atoms with Crippen LogP contribution in [0.4, 0.5) is 0 Å². The number of hydrogen-bond donors (Lipinski definition) is 2. The van der Waals surface area contributed by atoms with Crippen molar-refractivity contribution in [1.82, 2.24) is 4.90 Å². The summed E-state index contributed by atoms with van der Waals surface area (Å²) in [4.78, 5) is 58.6. The zero-order chi connectivity index (χ0) is 51.9. The Hall–Kier alpha value is -3.44. The fraction of sp³-hybridized carbons (Fsp3) is 0.745. The molecule has 1 aromatic rings. The molecule has 3 heterocycles. The van der Waals surface area contributed by atoms with E-state index in [1.807, 2.05) is 51.1 Å². The molecule has 1 saturated carbocycles. The highest BCUT2D eigenvalue weighted by molar-refractivity contribution is 6.74. The van der Waals surface area contributed by atoms with Crippen LogP contribution in [0.3, 0.4) is 0 Å². The molecule has 0 radical (unpaired) electrons. The molecule has 14 unspecified atom stereocenters. The molecule has 3 aliphatic heterocycles. The van der Waals surface area contributed by atoms with E-state index in [-0.39, 0.29) is 60.7 Å². The van der Waals surface area contributed by atoms with Gasteiger partial charge in [0.15, 0.2) is 0 Å². The smallest absolute Gasteiger partial charge is 0.329 e. The highest BCUT2D eigenvalue weighted by atomic mass is 28.4. The number of ketones is 2. The lowest BCUT2D eigenvalue weighted by molar-refractivity contribution is -0.302. The van der Waals surface area contributed by atoms with Crippen LogP contribution in [0.25, 0.3) is 0 Å². The lowest BCUT2D eigenvalue weighted by atomic mass is 9.81. The molecule has 5 rings (SSSR count). The van der Waals surface area contributed by atoms with Gasteiger partial charge in [-0.15, -0.1) is 0 Å². The minimum atomic E-state index is -2.51. The van der Waals surface area contributed by atoms with Crippen LogP contribution in [0, 0.1) is 29.6 Å². The third-order valence-corrected chi connectivity index (χ3v) is 20.5. The van der Waals surface area contributed by atoms with E-state index in [9.17, 15) is 29.4 Å². The number of piperidine rings is 1. The van der Waals surface area contributed by atoms with E-state index >= 15 is 0 Å². The third-order valence-electron chi connectivity index (χ3n) is 16.2. The fourth-order valence-electron chi connectivity index (χ4n) is 10.7. The highest BCUT2D eigenvalue weighted by Crippen LogP contribution is 2.41. The molecule has 2 bridgehead atoms. The van der Waals surface area contributed by atoms with Gasteiger partial charge in [-0.3, -0.25) is 14.4 Å². The molecule has 70 heavy (non-hydrogen) atoms. The second-order valence-corrected chi connectivity index (χ2v) is 27.3. The summed E-state index contributed by atoms with van der Waals surface area (Å²) in [6.45, 7) is 22.5. The maximum Gasteiger partial charge on any atom is 0.329 e. The number of nitrogens with zero attached hydrogens (tertiary/aromatic N) is 1. The van der Waals surface area contributed by atoms with Crippen molar-refractivity contribution in [3.63, 3.8) is 0 Å². The molecule has 3 fully saturated rings. The van der Waals surface area contributed by atoms with Gasteiger partial charge >= 0.3 is 5.97 Å². The van der Waals surface area contributed by atoms with Gasteiger partial charge in [0.25, 0.3) is 11.7 Å². The Bertz CT molecular complexity index is 2000. The lowest BCUT2D eigenvalue weighted by Gasteiger charge is -2.47. The number of ether oxygens (including phenoxy) is 6. The van der Waals surface area contributed by atoms with Crippen LogP contribution in [-0.4, -0.2) is 129 Å². The maximum atomic E-state index is 14.6. The van der Waals surface area contributed by atoms with Crippen LogP contribution in [0.15, 0.2) is 47.6 Å². The van der Waals surface area contributed by atoms with Gasteiger partial charge in [-0.2, -0.15) is 0 Å². The van der Waals surface area contributed by atoms with E-state index in [2.05, 4.69) is 46.9 Å². The first-order chi connectivity index (χ1) is 32.9. The second kappa shape index (κ2) is 24.5. The number of aliphatic hydroxyl groups is 2. The van der Waals surface area contributed by atoms with E-state index in [4.69, 9.17) is 32.8 Å². The van der Waals surface area contributed by atoms with Crippen molar-refractivity contribution < 1.29 is 62.2 Å². The SMILES string of the molecule is CCC1/C=C(\C)CC(C)CC(OC)C2OC(O)(C(=O)C(=O)N3CCCCC3C(=O)OC(C(C)=CC3CCC(Oc4ccc(O[Si](C)(C)C(C)(C)C)cc4)C(OC)C3)C(C)C(O)CC1=O)C(C)CC2OC. The number of carbonyl (C=O) groups excluding carboxylic acids is 4. The first kappa shape index (κ1) is 57.5. The number of benzene rings is 1. The predicted octanol–water partition coefficient (Wildman–Crippen LogP) is 8.94. The molecule has 0 aromatic heterocycles. The molecule has 1 aromatic carbocycles. The molecule has 14 nitrogen and oxygen atoms in total. The van der Waals surface area contributed by atoms with Gasteiger partial charge in [0.2, 0.25) is 14.1 Å². The van der Waals surface area contributed by atoms with Crippen molar-refractivity contribution in [1.29, 1.82) is 0 Å². The standard InChI is InChI=1S/C55H87NO13Si/c1-15-39-27-33(2)26-34(3)28-47(64-11)50-48(65-12)30-36(5)55(62,68-50)51(59)52(60)56-25-17-16-18-42(56)53(61)67-49(37(6)43(57)32-44(39)58)35(4)29-38-19-24-45(46(31-38)63-10)66-40-20-22-41(23-21-40)69-70(13,14)54(7,8)9/h20-23,27,29,34,36-39,42-43,45-50,57,62H,15-19,24-26,28,30-32H2,1-14H3/b33-27+,35-29?. The molecule has 394 valence electrons. The van der Waals surface area contributed by atoms with Crippen molar-refractivity contribution in [3.8, 4) is 11.5 Å². The van der Waals surface area contributed by atoms with Gasteiger partial charge in [0.05, 0.1) is 24.4 Å². The lowest BCUT2D eigenvalue weighted by Crippen LogP contribution is -2.64. The first-order valence-electron chi connectivity index (χ1n) is 25.9. The summed E-state index contributed by atoms with van der Waals surface area (Å²) in [5.74, 6) is -5.99. The number of cyclic esters (lactones) is 1. The molecule has 1 aliphatic carbocycles. The van der Waals surface area contributed by atoms with E-state index in [0.29, 0.717) is 50.5 Å². The largest absolute Gasteiger partial charge is 0.543 e. The first-order valence-corrected chi connectivity index (χ1v) is 28.8. The summed E-state index contributed by atoms with van der Waals surface area (Å²) < 4.78 is 43.5. The van der Waals surface area contributed by atoms with Crippen LogP contribution in [0.2, 0.25) is 18.1 Å². The Balaban J connectivity index is 1.44. The number of hydrogen-bond acceptors (Lipinski definition) is 13. The van der Waals surface area contributed by atoms with Crippen LogP contribution >= 0.6 is 0 Å². The Labute approximate surface area is 419 Å². The van der Waals surface area contributed by atoms with Crippen molar-refractivity contribution in [2.75, 3.05) is 27.9 Å². The Morgan fingerprint density at radius 1 is 0.871 bits per heavy atom. The number of rotatable bonds is 10. The number of Topliss-reactive ketones (excluding diaryl/α,β-unsaturated/α-hetero) is 2. The van der Waals surface area contributed by atoms with Crippen LogP contribution in [0.1, 0.15) is 133 Å². The van der Waals surface area contributed by atoms with Crippen molar-refractivity contribution in [2.24, 2.45) is 29.6 Å². The van der Waals surface area contributed by atoms with Gasteiger partial charge in [-0.25, -0.2) is 4.79 Å². The summed E-state index contributed by atoms with van der Waals surface area (Å²) in [5.41, 5.74) is 1.69. The van der Waals surface area contributed by atoms with Gasteiger partial charge in [0.1, 0.15) is 41.6 Å². The van der Waals surface area contributed by atoms with E-state index < -0.39 is 86.1 Å². The number of amides is 1. The van der Waals surface area contributed by atoms with Gasteiger partial charge in [0, 0.05) is 52.0 Å². The van der Waals surface area contributed by atoms with Crippen LogP contribution in [-0.2, 0) is 42.9 Å². The minimum absolute atomic E-state index is 0.00259. The summed E-state index contributed by atoms with van der Waals surface area (Å²) in [5, 5.41) is 24.1. The Kier molecular flexibility index (Phi) is 20.1. The van der Waals surface area contributed by atoms with Crippen LogP contribution in [0.5, 0.6) is 11.5 Å². The number of allylic oxidation sites excluding steroid dienone is 3. The van der Waals surface area contributed by atoms with E-state index in [1.54, 1.807) is 28.1 Å². The zero-order valence-corrected chi connectivity index (χ0v) is 45.8. The van der Waals surface area contributed by atoms with Crippen molar-refractivity contribution in [3.05, 3.63) is 47.6 Å². The highest BCUT2D eigenvalue weighted by Gasteiger charge is 2.57. The fourth-order valence-corrected chi connectivity index (χ4v) is 11.7. The normalized spacial score (nSPS) is 36.0. The summed E-state index contributed by atoms with van der Waals surface area (Å²) in [6.07, 6.45) is 4.49. The second-order valence-electron chi connectivity index (χ2n) is 22.6. The molecule has 2 saturated heterocycles. The maximum absolute atomic E-state index is 14.6. The molecule has 1 amide bonds. The van der Waals surface area contributed by atoms with E-state index in [0.717, 1.165) is 23.5 Å². The molecular formula is C55H87NO13Si. The summed E-state index contributed by atoms with van der Waals surface area (Å²) >= 11 is 0. The molecule has 14 atom stereocenters. The molecule has 2 N–H and O–H groups in total. The number of fused-ring (bicyclic) bond motifs is 3. The average molecular weight is 998 g/mol. The zero-order valence-electron chi connectivity index (χ0n) is 44.8. The Morgan fingerprint density at radius 2 is 1.50 bits per heavy atom. The number of carbonyl (C=O) groups is 4. The summed E-state index contributed by atoms with van der Waals surface area (Å²) in [7, 11) is 2.75. The van der Waals surface area contributed by atoms with Gasteiger partial charge < -0.3 is 48.0 Å². The van der Waals surface area contributed by atoms with E-state index in [1.165, 1.54) is 12.0 Å². The quantitative estimate of drug-likeness (QED) is 0.0984. The molecular weight excluding hydrogens is 911 g/mol. The topological polar surface area (TPSA) is 177 Å². The van der Waals surface area contributed by atoms with Gasteiger partial charge in [-0.05, 0) is 138 Å². The number of esters is 1. The molecule has 15 heteroatoms. The molecule has 0 spiro atoms. The number of aliphatic hydroxyl groups excluding tert-OH is 1. The average Bonchev–Trinajstić information content (AvgIpc) is 3.31. The minimum Gasteiger partial charge on any atom is -0.543 e. The molecule has 4 aliphatic rings. The van der Waals surface area contributed by atoms with Crippen molar-refractivity contribution >= 4 is 31.8 Å². The predicted molar refractivity (Wildman–Crippen MR) is 271 cm³/mol. The summed E-state index contributed by atoms with van der Waals surface area (Å²) in [6, 6.07) is 6.65. The monoisotopic (exact) mass is 998 g/mol. The third kappa shape index (κ3) is 13.8.